The fraction of sp³-hybridized carbons (Fsp3) is 0.739. The Kier molecular flexibility index (Phi) is 22.7. The van der Waals surface area contributed by atoms with Crippen molar-refractivity contribution in [2.24, 2.45) is 5.41 Å². The molecule has 0 fully saturated rings. The number of carbonyl (C=O) groups is 4. The van der Waals surface area contributed by atoms with Crippen LogP contribution < -0.4 is 0 Å². The topological polar surface area (TPSA) is 166 Å². The van der Waals surface area contributed by atoms with Gasteiger partial charge in [0.2, 0.25) is 0 Å². The third-order valence-corrected chi connectivity index (χ3v) is 7.26. The Hall–Kier alpha value is -1.45. The minimum absolute atomic E-state index is 0.00869. The molecule has 0 bridgehead atoms. The fourth-order valence-corrected chi connectivity index (χ4v) is 4.35. The summed E-state index contributed by atoms with van der Waals surface area (Å²) in [5, 5.41) is 26.5. The van der Waals surface area contributed by atoms with Crippen LogP contribution in [0.25, 0.3) is 0 Å². The van der Waals surface area contributed by atoms with E-state index in [4.69, 9.17) is 34.3 Å². The molecule has 0 heterocycles. The van der Waals surface area contributed by atoms with Crippen molar-refractivity contribution in [2.75, 3.05) is 80.8 Å². The molecule has 0 aliphatic heterocycles. The minimum atomic E-state index is -1.35. The zero-order valence-electron chi connectivity index (χ0n) is 20.9. The second-order valence-corrected chi connectivity index (χ2v) is 11.2. The van der Waals surface area contributed by atoms with Crippen LogP contribution in [0, 0.1) is 5.41 Å². The van der Waals surface area contributed by atoms with E-state index >= 15 is 0 Å². The molecule has 0 saturated heterocycles. The third-order valence-electron chi connectivity index (χ3n) is 4.36. The van der Waals surface area contributed by atoms with Crippen molar-refractivity contribution in [3.63, 3.8) is 0 Å². The number of hydrogen-bond acceptors (Lipinski definition) is 14. The van der Waals surface area contributed by atoms with Crippen molar-refractivity contribution in [3.8, 4) is 0 Å². The van der Waals surface area contributed by atoms with E-state index in [1.165, 1.54) is 35.3 Å². The molecule has 0 unspecified atom stereocenters. The Morgan fingerprint density at radius 2 is 0.919 bits per heavy atom. The molecule has 0 radical (unpaired) electrons. The van der Waals surface area contributed by atoms with Gasteiger partial charge in [-0.1, -0.05) is 6.58 Å². The quantitative estimate of drug-likeness (QED) is 0.0625. The molecule has 14 heteroatoms. The summed E-state index contributed by atoms with van der Waals surface area (Å²) >= 11 is 4.13. The molecule has 0 spiro atoms. The predicted molar refractivity (Wildman–Crippen MR) is 144 cm³/mol. The SMILES string of the molecule is C=CC(=O)OCC(COC(=O)CCSCCO)(COC(=O)CCSCCO)COC(=O)CCSCCO. The maximum absolute atomic E-state index is 12.2. The number of rotatable bonds is 24. The molecular weight excluding hydrogens is 548 g/mol. The summed E-state index contributed by atoms with van der Waals surface area (Å²) in [4.78, 5) is 48.5. The van der Waals surface area contributed by atoms with Crippen LogP contribution in [0.1, 0.15) is 19.3 Å². The Bertz CT molecular complexity index is 607. The van der Waals surface area contributed by atoms with Gasteiger partial charge in [-0.05, 0) is 0 Å². The number of esters is 4. The second kappa shape index (κ2) is 23.7. The molecule has 0 aliphatic rings. The predicted octanol–water partition coefficient (Wildman–Crippen LogP) is 0.678. The first-order valence-electron chi connectivity index (χ1n) is 11.6. The molecule has 0 aromatic rings. The molecule has 0 aliphatic carbocycles. The Balaban J connectivity index is 5.32. The van der Waals surface area contributed by atoms with E-state index in [0.717, 1.165) is 6.08 Å². The maximum Gasteiger partial charge on any atom is 0.330 e. The van der Waals surface area contributed by atoms with Gasteiger partial charge < -0.3 is 34.3 Å². The van der Waals surface area contributed by atoms with Crippen LogP contribution in [0.5, 0.6) is 0 Å². The maximum atomic E-state index is 12.2. The lowest BCUT2D eigenvalue weighted by molar-refractivity contribution is -0.168. The normalized spacial score (nSPS) is 11.0. The van der Waals surface area contributed by atoms with Gasteiger partial charge >= 0.3 is 23.9 Å². The molecule has 0 amide bonds. The first kappa shape index (κ1) is 35.5. The van der Waals surface area contributed by atoms with Gasteiger partial charge in [-0.25, -0.2) is 4.79 Å². The highest BCUT2D eigenvalue weighted by atomic mass is 32.2. The summed E-state index contributed by atoms with van der Waals surface area (Å²) in [7, 11) is 0. The van der Waals surface area contributed by atoms with Gasteiger partial charge in [-0.2, -0.15) is 35.3 Å². The number of ether oxygens (including phenoxy) is 4. The van der Waals surface area contributed by atoms with E-state index in [2.05, 4.69) is 6.58 Å². The van der Waals surface area contributed by atoms with Crippen LogP contribution in [-0.2, 0) is 38.1 Å². The van der Waals surface area contributed by atoms with Crippen LogP contribution in [0.3, 0.4) is 0 Å². The Morgan fingerprint density at radius 1 is 0.595 bits per heavy atom. The lowest BCUT2D eigenvalue weighted by Crippen LogP contribution is -2.44. The standard InChI is InChI=1S/C23H38O11S3/c1-2-19(27)31-15-23(16-32-20(28)3-9-35-12-6-24,17-33-21(29)4-10-36-13-7-25)18-34-22(30)5-11-37-14-8-26/h2,24-26H,1,3-18H2. The average Bonchev–Trinajstić information content (AvgIpc) is 2.90. The molecule has 0 atom stereocenters. The van der Waals surface area contributed by atoms with Crippen LogP contribution in [0.4, 0.5) is 0 Å². The first-order chi connectivity index (χ1) is 17.8. The molecule has 37 heavy (non-hydrogen) atoms. The van der Waals surface area contributed by atoms with E-state index in [1.807, 2.05) is 0 Å². The van der Waals surface area contributed by atoms with Crippen molar-refractivity contribution in [3.05, 3.63) is 12.7 Å². The van der Waals surface area contributed by atoms with Crippen LogP contribution in [-0.4, -0.2) is 120 Å². The molecule has 214 valence electrons. The van der Waals surface area contributed by atoms with Crippen molar-refractivity contribution in [2.45, 2.75) is 19.3 Å². The average molecular weight is 587 g/mol. The number of hydrogen-bond donors (Lipinski definition) is 3. The van der Waals surface area contributed by atoms with Crippen molar-refractivity contribution in [1.29, 1.82) is 0 Å². The molecule has 3 N–H and O–H groups in total. The second-order valence-electron chi connectivity index (χ2n) is 7.55. The Labute approximate surface area is 230 Å². The number of aliphatic hydroxyl groups is 3. The molecule has 0 saturated carbocycles. The van der Waals surface area contributed by atoms with E-state index in [9.17, 15) is 19.2 Å². The molecular formula is C23H38O11S3. The van der Waals surface area contributed by atoms with Crippen LogP contribution in [0.2, 0.25) is 0 Å². The molecule has 0 aromatic carbocycles. The summed E-state index contributed by atoms with van der Waals surface area (Å²) in [6.07, 6.45) is 1.15. The number of thioether (sulfide) groups is 3. The van der Waals surface area contributed by atoms with Gasteiger partial charge in [0.25, 0.3) is 0 Å². The van der Waals surface area contributed by atoms with E-state index in [1.54, 1.807) is 0 Å². The van der Waals surface area contributed by atoms with Gasteiger partial charge in [0, 0.05) is 40.6 Å². The lowest BCUT2D eigenvalue weighted by Gasteiger charge is -2.31. The minimum Gasteiger partial charge on any atom is -0.465 e. The summed E-state index contributed by atoms with van der Waals surface area (Å²) < 4.78 is 21.3. The smallest absolute Gasteiger partial charge is 0.330 e. The van der Waals surface area contributed by atoms with Gasteiger partial charge in [0.05, 0.1) is 39.1 Å². The van der Waals surface area contributed by atoms with Gasteiger partial charge in [-0.15, -0.1) is 0 Å². The zero-order valence-corrected chi connectivity index (χ0v) is 23.4. The molecule has 0 rings (SSSR count). The van der Waals surface area contributed by atoms with Crippen LogP contribution in [0.15, 0.2) is 12.7 Å². The highest BCUT2D eigenvalue weighted by molar-refractivity contribution is 7.99. The summed E-state index contributed by atoms with van der Waals surface area (Å²) in [6, 6.07) is 0. The Morgan fingerprint density at radius 3 is 1.22 bits per heavy atom. The summed E-state index contributed by atoms with van der Waals surface area (Å²) in [5.74, 6) is 0.316. The summed E-state index contributed by atoms with van der Waals surface area (Å²) in [6.45, 7) is 1.90. The molecule has 11 nitrogen and oxygen atoms in total. The van der Waals surface area contributed by atoms with Gasteiger partial charge in [0.1, 0.15) is 31.8 Å². The van der Waals surface area contributed by atoms with Crippen molar-refractivity contribution in [1.82, 2.24) is 0 Å². The number of aliphatic hydroxyl groups excluding tert-OH is 3. The van der Waals surface area contributed by atoms with Crippen molar-refractivity contribution < 1.29 is 53.4 Å². The van der Waals surface area contributed by atoms with E-state index in [0.29, 0.717) is 34.5 Å². The third kappa shape index (κ3) is 20.2. The highest BCUT2D eigenvalue weighted by Crippen LogP contribution is 2.23. The van der Waals surface area contributed by atoms with E-state index < -0.39 is 29.3 Å². The summed E-state index contributed by atoms with van der Waals surface area (Å²) in [5.41, 5.74) is -1.35. The van der Waals surface area contributed by atoms with Crippen molar-refractivity contribution >= 4 is 59.2 Å². The van der Waals surface area contributed by atoms with E-state index in [-0.39, 0.29) is 65.5 Å². The fourth-order valence-electron chi connectivity index (χ4n) is 2.42. The van der Waals surface area contributed by atoms with Crippen LogP contribution >= 0.6 is 35.3 Å². The lowest BCUT2D eigenvalue weighted by atomic mass is 9.92. The monoisotopic (exact) mass is 586 g/mol. The van der Waals surface area contributed by atoms with Gasteiger partial charge in [-0.3, -0.25) is 14.4 Å². The largest absolute Gasteiger partial charge is 0.465 e. The number of carbonyl (C=O) groups excluding carboxylic acids is 4. The first-order valence-corrected chi connectivity index (χ1v) is 15.1. The highest BCUT2D eigenvalue weighted by Gasteiger charge is 2.37. The van der Waals surface area contributed by atoms with Gasteiger partial charge in [0.15, 0.2) is 0 Å². The zero-order chi connectivity index (χ0) is 27.8. The molecule has 0 aromatic heterocycles.